The Morgan fingerprint density at radius 3 is 2.70 bits per heavy atom. The summed E-state index contributed by atoms with van der Waals surface area (Å²) in [6.07, 6.45) is 0. The number of anilines is 1. The lowest BCUT2D eigenvalue weighted by molar-refractivity contribution is 0.102. The number of halogens is 3. The van der Waals surface area contributed by atoms with Crippen molar-refractivity contribution < 1.29 is 13.9 Å². The van der Waals surface area contributed by atoms with Crippen molar-refractivity contribution in [1.82, 2.24) is 0 Å². The zero-order chi connectivity index (χ0) is 14.7. The van der Waals surface area contributed by atoms with E-state index in [4.69, 9.17) is 16.3 Å². The fourth-order valence-corrected chi connectivity index (χ4v) is 2.01. The number of methoxy groups -OCH3 is 1. The van der Waals surface area contributed by atoms with Gasteiger partial charge in [-0.1, -0.05) is 11.6 Å². The summed E-state index contributed by atoms with van der Waals surface area (Å²) >= 11 is 9.21. The van der Waals surface area contributed by atoms with Gasteiger partial charge < -0.3 is 10.1 Å². The highest BCUT2D eigenvalue weighted by Gasteiger charge is 2.11. The molecule has 1 N–H and O–H groups in total. The molecule has 0 aliphatic carbocycles. The van der Waals surface area contributed by atoms with Gasteiger partial charge in [0.1, 0.15) is 0 Å². The minimum Gasteiger partial charge on any atom is -0.494 e. The number of hydrogen-bond donors (Lipinski definition) is 1. The van der Waals surface area contributed by atoms with Gasteiger partial charge >= 0.3 is 0 Å². The highest BCUT2D eigenvalue weighted by Crippen LogP contribution is 2.26. The molecule has 0 spiro atoms. The molecule has 0 aliphatic heterocycles. The van der Waals surface area contributed by atoms with E-state index in [9.17, 15) is 9.18 Å². The van der Waals surface area contributed by atoms with E-state index in [-0.39, 0.29) is 11.7 Å². The van der Waals surface area contributed by atoms with Crippen LogP contribution in [0.4, 0.5) is 10.1 Å². The van der Waals surface area contributed by atoms with Gasteiger partial charge in [0.2, 0.25) is 0 Å². The standard InChI is InChI=1S/C14H10BrClFNO2/c1-20-13-6-8(2-5-12(13)17)14(19)18-9-3-4-10(15)11(16)7-9/h2-7H,1H3,(H,18,19). The van der Waals surface area contributed by atoms with Crippen molar-refractivity contribution in [2.45, 2.75) is 0 Å². The van der Waals surface area contributed by atoms with E-state index in [1.807, 2.05) is 0 Å². The van der Waals surface area contributed by atoms with Crippen molar-refractivity contribution in [1.29, 1.82) is 0 Å². The van der Waals surface area contributed by atoms with Crippen LogP contribution in [0, 0.1) is 5.82 Å². The van der Waals surface area contributed by atoms with Crippen LogP contribution >= 0.6 is 27.5 Å². The van der Waals surface area contributed by atoms with Crippen LogP contribution in [0.3, 0.4) is 0 Å². The third-order valence-corrected chi connectivity index (χ3v) is 3.82. The van der Waals surface area contributed by atoms with Crippen molar-refractivity contribution in [3.8, 4) is 5.75 Å². The van der Waals surface area contributed by atoms with Crippen molar-refractivity contribution in [3.63, 3.8) is 0 Å². The predicted octanol–water partition coefficient (Wildman–Crippen LogP) is 4.50. The molecule has 0 saturated heterocycles. The van der Waals surface area contributed by atoms with Crippen molar-refractivity contribution >= 4 is 39.1 Å². The lowest BCUT2D eigenvalue weighted by Crippen LogP contribution is -2.12. The van der Waals surface area contributed by atoms with Crippen LogP contribution < -0.4 is 10.1 Å². The lowest BCUT2D eigenvalue weighted by atomic mass is 10.2. The monoisotopic (exact) mass is 357 g/mol. The maximum Gasteiger partial charge on any atom is 0.255 e. The maximum absolute atomic E-state index is 13.3. The van der Waals surface area contributed by atoms with Crippen molar-refractivity contribution in [2.24, 2.45) is 0 Å². The number of benzene rings is 2. The Labute approximate surface area is 128 Å². The second kappa shape index (κ2) is 6.24. The van der Waals surface area contributed by atoms with Crippen LogP contribution in [0.1, 0.15) is 10.4 Å². The Morgan fingerprint density at radius 1 is 1.30 bits per heavy atom. The first kappa shape index (κ1) is 14.8. The summed E-state index contributed by atoms with van der Waals surface area (Å²) in [6, 6.07) is 8.95. The van der Waals surface area contributed by atoms with Gasteiger partial charge in [-0.25, -0.2) is 4.39 Å². The maximum atomic E-state index is 13.3. The summed E-state index contributed by atoms with van der Waals surface area (Å²) in [5.41, 5.74) is 0.841. The number of amides is 1. The molecule has 0 bridgehead atoms. The number of ether oxygens (including phenoxy) is 1. The smallest absolute Gasteiger partial charge is 0.255 e. The molecule has 1 amide bonds. The van der Waals surface area contributed by atoms with Gasteiger partial charge in [-0.2, -0.15) is 0 Å². The first-order valence-electron chi connectivity index (χ1n) is 5.61. The molecule has 0 radical (unpaired) electrons. The van der Waals surface area contributed by atoms with Gasteiger partial charge in [0.25, 0.3) is 5.91 Å². The normalized spacial score (nSPS) is 10.2. The van der Waals surface area contributed by atoms with Crippen molar-refractivity contribution in [3.05, 3.63) is 57.3 Å². The van der Waals surface area contributed by atoms with Gasteiger partial charge in [-0.05, 0) is 52.3 Å². The molecule has 2 rings (SSSR count). The van der Waals surface area contributed by atoms with Gasteiger partial charge in [0, 0.05) is 15.7 Å². The zero-order valence-corrected chi connectivity index (χ0v) is 12.8. The van der Waals surface area contributed by atoms with E-state index < -0.39 is 5.82 Å². The Morgan fingerprint density at radius 2 is 2.05 bits per heavy atom. The zero-order valence-electron chi connectivity index (χ0n) is 10.4. The number of nitrogens with one attached hydrogen (secondary N) is 1. The van der Waals surface area contributed by atoms with Gasteiger partial charge in [0.15, 0.2) is 11.6 Å². The van der Waals surface area contributed by atoms with Crippen LogP contribution in [0.2, 0.25) is 5.02 Å². The van der Waals surface area contributed by atoms with E-state index in [1.54, 1.807) is 18.2 Å². The molecule has 0 saturated carbocycles. The molecule has 0 aliphatic rings. The highest BCUT2D eigenvalue weighted by molar-refractivity contribution is 9.10. The van der Waals surface area contributed by atoms with Gasteiger partial charge in [-0.3, -0.25) is 4.79 Å². The largest absolute Gasteiger partial charge is 0.494 e. The number of hydrogen-bond acceptors (Lipinski definition) is 2. The van der Waals surface area contributed by atoms with Gasteiger partial charge in [0.05, 0.1) is 12.1 Å². The van der Waals surface area contributed by atoms with E-state index in [0.717, 1.165) is 4.47 Å². The second-order valence-electron chi connectivity index (χ2n) is 3.93. The summed E-state index contributed by atoms with van der Waals surface area (Å²) in [4.78, 5) is 12.0. The molecular weight excluding hydrogens is 349 g/mol. The molecule has 0 atom stereocenters. The van der Waals surface area contributed by atoms with Gasteiger partial charge in [-0.15, -0.1) is 0 Å². The SMILES string of the molecule is COc1cc(C(=O)Nc2ccc(Br)c(Cl)c2)ccc1F. The Bertz CT molecular complexity index is 664. The molecule has 20 heavy (non-hydrogen) atoms. The summed E-state index contributed by atoms with van der Waals surface area (Å²) < 4.78 is 18.9. The van der Waals surface area contributed by atoms with Crippen molar-refractivity contribution in [2.75, 3.05) is 12.4 Å². The Balaban J connectivity index is 2.21. The molecule has 0 fully saturated rings. The topological polar surface area (TPSA) is 38.3 Å². The average Bonchev–Trinajstić information content (AvgIpc) is 2.43. The van der Waals surface area contributed by atoms with Crippen LogP contribution in [-0.4, -0.2) is 13.0 Å². The van der Waals surface area contributed by atoms with Crippen LogP contribution in [0.5, 0.6) is 5.75 Å². The molecular formula is C14H10BrClFNO2. The van der Waals surface area contributed by atoms with E-state index in [0.29, 0.717) is 16.3 Å². The number of rotatable bonds is 3. The first-order valence-corrected chi connectivity index (χ1v) is 6.78. The fourth-order valence-electron chi connectivity index (χ4n) is 1.58. The molecule has 0 aromatic heterocycles. The second-order valence-corrected chi connectivity index (χ2v) is 5.19. The van der Waals surface area contributed by atoms with E-state index in [1.165, 1.54) is 25.3 Å². The average molecular weight is 359 g/mol. The Kier molecular flexibility index (Phi) is 4.62. The third-order valence-electron chi connectivity index (χ3n) is 2.59. The van der Waals surface area contributed by atoms with Crippen LogP contribution in [0.15, 0.2) is 40.9 Å². The summed E-state index contributed by atoms with van der Waals surface area (Å²) in [6.45, 7) is 0. The predicted molar refractivity (Wildman–Crippen MR) is 80.1 cm³/mol. The van der Waals surface area contributed by atoms with Crippen LogP contribution in [0.25, 0.3) is 0 Å². The highest BCUT2D eigenvalue weighted by atomic mass is 79.9. The molecule has 6 heteroatoms. The summed E-state index contributed by atoms with van der Waals surface area (Å²) in [7, 11) is 1.34. The number of carbonyl (C=O) groups is 1. The minimum absolute atomic E-state index is 0.0199. The molecule has 3 nitrogen and oxygen atoms in total. The summed E-state index contributed by atoms with van der Waals surface area (Å²) in [5, 5.41) is 3.16. The lowest BCUT2D eigenvalue weighted by Gasteiger charge is -2.08. The molecule has 104 valence electrons. The molecule has 2 aromatic rings. The fraction of sp³-hybridized carbons (Fsp3) is 0.0714. The summed E-state index contributed by atoms with van der Waals surface area (Å²) in [5.74, 6) is -0.871. The third kappa shape index (κ3) is 3.29. The van der Waals surface area contributed by atoms with Crippen LogP contribution in [-0.2, 0) is 0 Å². The quantitative estimate of drug-likeness (QED) is 0.877. The first-order chi connectivity index (χ1) is 9.51. The molecule has 0 heterocycles. The van der Waals surface area contributed by atoms with E-state index in [2.05, 4.69) is 21.2 Å². The molecule has 0 unspecified atom stereocenters. The Hall–Kier alpha value is -1.59. The minimum atomic E-state index is -0.518. The number of carbonyl (C=O) groups excluding carboxylic acids is 1. The molecule has 2 aromatic carbocycles. The van der Waals surface area contributed by atoms with E-state index >= 15 is 0 Å².